The zero-order chi connectivity index (χ0) is 16.9. The summed E-state index contributed by atoms with van der Waals surface area (Å²) in [5, 5.41) is 14.6. The summed E-state index contributed by atoms with van der Waals surface area (Å²) in [7, 11) is 1.56. The van der Waals surface area contributed by atoms with E-state index in [1.807, 2.05) is 6.07 Å². The molecule has 0 spiro atoms. The van der Waals surface area contributed by atoms with Crippen molar-refractivity contribution in [3.63, 3.8) is 0 Å². The van der Waals surface area contributed by atoms with Crippen LogP contribution in [0.5, 0.6) is 5.75 Å². The van der Waals surface area contributed by atoms with E-state index in [0.717, 1.165) is 18.5 Å². The van der Waals surface area contributed by atoms with Gasteiger partial charge in [-0.05, 0) is 43.2 Å². The van der Waals surface area contributed by atoms with Crippen LogP contribution in [0.15, 0.2) is 30.3 Å². The van der Waals surface area contributed by atoms with Gasteiger partial charge in [0.05, 0.1) is 12.1 Å². The minimum Gasteiger partial charge on any atom is -0.495 e. The van der Waals surface area contributed by atoms with Gasteiger partial charge in [0, 0.05) is 11.7 Å². The Morgan fingerprint density at radius 1 is 1.21 bits per heavy atom. The fourth-order valence-electron chi connectivity index (χ4n) is 2.74. The van der Waals surface area contributed by atoms with Crippen molar-refractivity contribution in [1.82, 2.24) is 15.5 Å². The van der Waals surface area contributed by atoms with Crippen LogP contribution in [0.4, 0.5) is 11.5 Å². The lowest BCUT2D eigenvalue weighted by Gasteiger charge is -2.11. The Hall–Kier alpha value is -2.34. The van der Waals surface area contributed by atoms with E-state index in [9.17, 15) is 4.79 Å². The Labute approximate surface area is 145 Å². The molecule has 0 atom stereocenters. The number of ether oxygens (including phenoxy) is 1. The van der Waals surface area contributed by atoms with Crippen molar-refractivity contribution in [2.24, 2.45) is 0 Å². The summed E-state index contributed by atoms with van der Waals surface area (Å²) < 4.78 is 5.11. The molecule has 1 aliphatic carbocycles. The topological polar surface area (TPSA) is 76.1 Å². The van der Waals surface area contributed by atoms with E-state index in [1.165, 1.54) is 12.8 Å². The molecule has 0 saturated heterocycles. The predicted molar refractivity (Wildman–Crippen MR) is 93.0 cm³/mol. The first-order chi connectivity index (χ1) is 11.7. The van der Waals surface area contributed by atoms with Crippen molar-refractivity contribution in [2.75, 3.05) is 12.4 Å². The molecular formula is C17H19ClN4O2. The van der Waals surface area contributed by atoms with Crippen LogP contribution in [0.2, 0.25) is 5.02 Å². The van der Waals surface area contributed by atoms with Gasteiger partial charge in [0.2, 0.25) is 0 Å². The number of hydrogen-bond acceptors (Lipinski definition) is 5. The Bertz CT molecular complexity index is 715. The van der Waals surface area contributed by atoms with Crippen LogP contribution < -0.4 is 15.4 Å². The minimum absolute atomic E-state index is 0.173. The monoisotopic (exact) mass is 346 g/mol. The van der Waals surface area contributed by atoms with Crippen molar-refractivity contribution in [3.05, 3.63) is 41.0 Å². The van der Waals surface area contributed by atoms with Crippen molar-refractivity contribution < 1.29 is 9.53 Å². The lowest BCUT2D eigenvalue weighted by Crippen LogP contribution is -2.33. The van der Waals surface area contributed by atoms with E-state index >= 15 is 0 Å². The highest BCUT2D eigenvalue weighted by molar-refractivity contribution is 6.32. The maximum absolute atomic E-state index is 12.1. The molecule has 3 rings (SSSR count). The maximum Gasteiger partial charge on any atom is 0.272 e. The molecular weight excluding hydrogens is 328 g/mol. The number of anilines is 2. The molecule has 1 amide bonds. The van der Waals surface area contributed by atoms with Gasteiger partial charge in [-0.2, -0.15) is 0 Å². The predicted octanol–water partition coefficient (Wildman–Crippen LogP) is 3.55. The molecule has 126 valence electrons. The number of methoxy groups -OCH3 is 1. The number of carbonyl (C=O) groups is 1. The minimum atomic E-state index is -0.173. The number of halogens is 1. The van der Waals surface area contributed by atoms with E-state index in [0.29, 0.717) is 22.3 Å². The second-order valence-electron chi connectivity index (χ2n) is 5.73. The molecule has 1 heterocycles. The largest absolute Gasteiger partial charge is 0.495 e. The third-order valence-corrected chi connectivity index (χ3v) is 4.31. The zero-order valence-corrected chi connectivity index (χ0v) is 14.1. The molecule has 1 saturated carbocycles. The van der Waals surface area contributed by atoms with E-state index < -0.39 is 0 Å². The Morgan fingerprint density at radius 2 is 2.00 bits per heavy atom. The molecule has 2 N–H and O–H groups in total. The second kappa shape index (κ2) is 7.49. The molecule has 24 heavy (non-hydrogen) atoms. The van der Waals surface area contributed by atoms with Crippen molar-refractivity contribution in [1.29, 1.82) is 0 Å². The highest BCUT2D eigenvalue weighted by Crippen LogP contribution is 2.28. The van der Waals surface area contributed by atoms with E-state index in [1.54, 1.807) is 31.4 Å². The standard InChI is InChI=1S/C17H19ClN4O2/c1-24-15-8-6-12(10-13(15)18)19-16-9-7-14(21-22-16)17(23)20-11-4-2-3-5-11/h6-11H,2-5H2,1H3,(H,19,22)(H,20,23). The molecule has 0 unspecified atom stereocenters. The second-order valence-corrected chi connectivity index (χ2v) is 6.14. The summed E-state index contributed by atoms with van der Waals surface area (Å²) >= 11 is 6.09. The van der Waals surface area contributed by atoms with Crippen molar-refractivity contribution >= 4 is 29.0 Å². The molecule has 0 aliphatic heterocycles. The number of hydrogen-bond donors (Lipinski definition) is 2. The third-order valence-electron chi connectivity index (χ3n) is 4.01. The van der Waals surface area contributed by atoms with Crippen molar-refractivity contribution in [2.45, 2.75) is 31.7 Å². The van der Waals surface area contributed by atoms with Gasteiger partial charge in [-0.1, -0.05) is 24.4 Å². The lowest BCUT2D eigenvalue weighted by molar-refractivity contribution is 0.0932. The smallest absolute Gasteiger partial charge is 0.272 e. The normalized spacial score (nSPS) is 14.4. The van der Waals surface area contributed by atoms with E-state index in [-0.39, 0.29) is 11.9 Å². The van der Waals surface area contributed by atoms with Crippen molar-refractivity contribution in [3.8, 4) is 5.75 Å². The van der Waals surface area contributed by atoms with Gasteiger partial charge >= 0.3 is 0 Å². The number of nitrogens with one attached hydrogen (secondary N) is 2. The Balaban J connectivity index is 1.63. The van der Waals surface area contributed by atoms with Crippen LogP contribution >= 0.6 is 11.6 Å². The summed E-state index contributed by atoms with van der Waals surface area (Å²) in [4.78, 5) is 12.1. The van der Waals surface area contributed by atoms with Gasteiger partial charge in [0.1, 0.15) is 5.75 Å². The molecule has 6 nitrogen and oxygen atoms in total. The lowest BCUT2D eigenvalue weighted by atomic mass is 10.2. The molecule has 1 aromatic heterocycles. The van der Waals surface area contributed by atoms with Crippen LogP contribution in [0.1, 0.15) is 36.2 Å². The number of aromatic nitrogens is 2. The SMILES string of the molecule is COc1ccc(Nc2ccc(C(=O)NC3CCCC3)nn2)cc1Cl. The first-order valence-corrected chi connectivity index (χ1v) is 8.28. The average molecular weight is 347 g/mol. The number of nitrogens with zero attached hydrogens (tertiary/aromatic N) is 2. The van der Waals surface area contributed by atoms with Gasteiger partial charge in [-0.15, -0.1) is 10.2 Å². The van der Waals surface area contributed by atoms with Gasteiger partial charge in [0.25, 0.3) is 5.91 Å². The van der Waals surface area contributed by atoms with E-state index in [4.69, 9.17) is 16.3 Å². The van der Waals surface area contributed by atoms with Crippen LogP contribution in [0.3, 0.4) is 0 Å². The summed E-state index contributed by atoms with van der Waals surface area (Å²) in [6.45, 7) is 0. The quantitative estimate of drug-likeness (QED) is 0.865. The van der Waals surface area contributed by atoms with Crippen LogP contribution in [0.25, 0.3) is 0 Å². The summed E-state index contributed by atoms with van der Waals surface area (Å²) in [5.74, 6) is 0.967. The average Bonchev–Trinajstić information content (AvgIpc) is 3.08. The number of benzene rings is 1. The van der Waals surface area contributed by atoms with Crippen LogP contribution in [-0.4, -0.2) is 29.3 Å². The summed E-state index contributed by atoms with van der Waals surface area (Å²) in [5.41, 5.74) is 1.08. The summed E-state index contributed by atoms with van der Waals surface area (Å²) in [6.07, 6.45) is 4.42. The number of amides is 1. The van der Waals surface area contributed by atoms with Crippen LogP contribution in [0, 0.1) is 0 Å². The number of rotatable bonds is 5. The molecule has 2 aromatic rings. The Morgan fingerprint density at radius 3 is 2.62 bits per heavy atom. The molecule has 1 aromatic carbocycles. The molecule has 0 bridgehead atoms. The third kappa shape index (κ3) is 3.94. The molecule has 0 radical (unpaired) electrons. The summed E-state index contributed by atoms with van der Waals surface area (Å²) in [6, 6.07) is 8.97. The highest BCUT2D eigenvalue weighted by Gasteiger charge is 2.18. The first-order valence-electron chi connectivity index (χ1n) is 7.91. The number of carbonyl (C=O) groups excluding carboxylic acids is 1. The fraction of sp³-hybridized carbons (Fsp3) is 0.353. The van der Waals surface area contributed by atoms with Gasteiger partial charge in [-0.3, -0.25) is 4.79 Å². The van der Waals surface area contributed by atoms with Gasteiger partial charge in [0.15, 0.2) is 11.5 Å². The molecule has 1 fully saturated rings. The van der Waals surface area contributed by atoms with Gasteiger partial charge in [-0.25, -0.2) is 0 Å². The van der Waals surface area contributed by atoms with Crippen LogP contribution in [-0.2, 0) is 0 Å². The Kier molecular flexibility index (Phi) is 5.15. The molecule has 7 heteroatoms. The zero-order valence-electron chi connectivity index (χ0n) is 13.4. The molecule has 1 aliphatic rings. The maximum atomic E-state index is 12.1. The fourth-order valence-corrected chi connectivity index (χ4v) is 3.00. The van der Waals surface area contributed by atoms with Gasteiger partial charge < -0.3 is 15.4 Å². The first kappa shape index (κ1) is 16.5. The highest BCUT2D eigenvalue weighted by atomic mass is 35.5. The van der Waals surface area contributed by atoms with E-state index in [2.05, 4.69) is 20.8 Å².